The molecule has 1 fully saturated rings. The van der Waals surface area contributed by atoms with Gasteiger partial charge in [0, 0.05) is 11.8 Å². The third kappa shape index (κ3) is 4.10. The monoisotopic (exact) mass is 304 g/mol. The zero-order chi connectivity index (χ0) is 16.1. The van der Waals surface area contributed by atoms with Crippen molar-refractivity contribution in [1.29, 1.82) is 0 Å². The standard InChI is InChI=1S/C18H24O4/c1-12(2)16-14(4)17(22-18(19)21-16)13(3)10-20-11-15-8-6-5-7-9-15/h5-9,13-14,16-17H,1,10-11H2,2-4H3/t13-,14-,16-,17-/m1/s1. The Hall–Kier alpha value is -1.81. The lowest BCUT2D eigenvalue weighted by Crippen LogP contribution is -2.46. The molecule has 1 aromatic carbocycles. The van der Waals surface area contributed by atoms with Crippen molar-refractivity contribution < 1.29 is 19.0 Å². The summed E-state index contributed by atoms with van der Waals surface area (Å²) >= 11 is 0. The van der Waals surface area contributed by atoms with Gasteiger partial charge in [0.25, 0.3) is 0 Å². The van der Waals surface area contributed by atoms with Crippen LogP contribution in [0.4, 0.5) is 4.79 Å². The zero-order valence-corrected chi connectivity index (χ0v) is 13.5. The van der Waals surface area contributed by atoms with Gasteiger partial charge in [-0.25, -0.2) is 4.79 Å². The van der Waals surface area contributed by atoms with Gasteiger partial charge >= 0.3 is 6.16 Å². The maximum atomic E-state index is 11.6. The van der Waals surface area contributed by atoms with E-state index in [2.05, 4.69) is 6.58 Å². The average molecular weight is 304 g/mol. The Balaban J connectivity index is 1.89. The van der Waals surface area contributed by atoms with E-state index in [-0.39, 0.29) is 24.0 Å². The molecule has 0 N–H and O–H groups in total. The molecule has 1 saturated heterocycles. The smallest absolute Gasteiger partial charge is 0.430 e. The summed E-state index contributed by atoms with van der Waals surface area (Å²) in [4.78, 5) is 11.6. The molecule has 1 aliphatic rings. The lowest BCUT2D eigenvalue weighted by atomic mass is 9.86. The molecular weight excluding hydrogens is 280 g/mol. The van der Waals surface area contributed by atoms with Crippen LogP contribution < -0.4 is 0 Å². The van der Waals surface area contributed by atoms with E-state index in [0.29, 0.717) is 13.2 Å². The second kappa shape index (κ2) is 7.45. The Morgan fingerprint density at radius 3 is 2.64 bits per heavy atom. The van der Waals surface area contributed by atoms with Crippen LogP contribution in [0.5, 0.6) is 0 Å². The number of carbonyl (C=O) groups excluding carboxylic acids is 1. The van der Waals surface area contributed by atoms with Gasteiger partial charge in [-0.1, -0.05) is 50.8 Å². The average Bonchev–Trinajstić information content (AvgIpc) is 2.50. The van der Waals surface area contributed by atoms with E-state index in [0.717, 1.165) is 11.1 Å². The summed E-state index contributed by atoms with van der Waals surface area (Å²) in [5, 5.41) is 0. The second-order valence-corrected chi connectivity index (χ2v) is 6.05. The molecule has 4 nitrogen and oxygen atoms in total. The van der Waals surface area contributed by atoms with Crippen LogP contribution in [0.1, 0.15) is 26.3 Å². The number of benzene rings is 1. The van der Waals surface area contributed by atoms with Crippen molar-refractivity contribution in [3.05, 3.63) is 48.0 Å². The van der Waals surface area contributed by atoms with Crippen LogP contribution in [-0.4, -0.2) is 25.0 Å². The van der Waals surface area contributed by atoms with Crippen molar-refractivity contribution in [2.45, 2.75) is 39.6 Å². The molecule has 4 atom stereocenters. The molecule has 0 bridgehead atoms. The van der Waals surface area contributed by atoms with Crippen LogP contribution in [-0.2, 0) is 20.8 Å². The first-order valence-electron chi connectivity index (χ1n) is 7.63. The Kier molecular flexibility index (Phi) is 5.61. The third-order valence-corrected chi connectivity index (χ3v) is 3.99. The highest BCUT2D eigenvalue weighted by atomic mass is 16.7. The van der Waals surface area contributed by atoms with Crippen LogP contribution >= 0.6 is 0 Å². The van der Waals surface area contributed by atoms with Crippen molar-refractivity contribution in [2.75, 3.05) is 6.61 Å². The molecule has 2 rings (SSSR count). The van der Waals surface area contributed by atoms with Crippen LogP contribution in [0.3, 0.4) is 0 Å². The maximum absolute atomic E-state index is 11.6. The van der Waals surface area contributed by atoms with Gasteiger partial charge in [0.05, 0.1) is 13.2 Å². The normalized spacial score (nSPS) is 26.0. The second-order valence-electron chi connectivity index (χ2n) is 6.05. The Labute approximate surface area is 132 Å². The first-order chi connectivity index (χ1) is 10.5. The molecule has 0 aromatic heterocycles. The number of cyclic esters (lactones) is 2. The largest absolute Gasteiger partial charge is 0.509 e. The van der Waals surface area contributed by atoms with Crippen molar-refractivity contribution in [3.63, 3.8) is 0 Å². The van der Waals surface area contributed by atoms with Crippen LogP contribution in [0, 0.1) is 11.8 Å². The zero-order valence-electron chi connectivity index (χ0n) is 13.5. The number of rotatable bonds is 6. The predicted molar refractivity (Wildman–Crippen MR) is 84.4 cm³/mol. The highest BCUT2D eigenvalue weighted by Gasteiger charge is 2.40. The van der Waals surface area contributed by atoms with Gasteiger partial charge in [-0.2, -0.15) is 0 Å². The molecule has 0 radical (unpaired) electrons. The van der Waals surface area contributed by atoms with Crippen molar-refractivity contribution in [3.8, 4) is 0 Å². The number of ether oxygens (including phenoxy) is 3. The van der Waals surface area contributed by atoms with Crippen molar-refractivity contribution >= 4 is 6.16 Å². The maximum Gasteiger partial charge on any atom is 0.509 e. The van der Waals surface area contributed by atoms with E-state index in [9.17, 15) is 4.79 Å². The number of carbonyl (C=O) groups is 1. The Bertz CT molecular complexity index is 511. The minimum Gasteiger partial charge on any atom is -0.430 e. The predicted octanol–water partition coefficient (Wildman–Crippen LogP) is 3.96. The van der Waals surface area contributed by atoms with Gasteiger partial charge in [-0.05, 0) is 18.1 Å². The molecule has 120 valence electrons. The van der Waals surface area contributed by atoms with E-state index in [4.69, 9.17) is 14.2 Å². The molecule has 0 aliphatic carbocycles. The Morgan fingerprint density at radius 2 is 2.00 bits per heavy atom. The fourth-order valence-electron chi connectivity index (χ4n) is 2.84. The molecular formula is C18H24O4. The van der Waals surface area contributed by atoms with Crippen LogP contribution in [0.15, 0.2) is 42.5 Å². The summed E-state index contributed by atoms with van der Waals surface area (Å²) in [6, 6.07) is 10.0. The first kappa shape index (κ1) is 16.6. The quantitative estimate of drug-likeness (QED) is 0.589. The summed E-state index contributed by atoms with van der Waals surface area (Å²) in [5.74, 6) is 0.152. The molecule has 0 amide bonds. The minimum atomic E-state index is -0.619. The fraction of sp³-hybridized carbons (Fsp3) is 0.500. The minimum absolute atomic E-state index is 0.0607. The van der Waals surface area contributed by atoms with Crippen LogP contribution in [0.25, 0.3) is 0 Å². The lowest BCUT2D eigenvalue weighted by molar-refractivity contribution is -0.110. The fourth-order valence-corrected chi connectivity index (χ4v) is 2.84. The molecule has 22 heavy (non-hydrogen) atoms. The van der Waals surface area contributed by atoms with Crippen LogP contribution in [0.2, 0.25) is 0 Å². The van der Waals surface area contributed by atoms with Gasteiger partial charge < -0.3 is 14.2 Å². The van der Waals surface area contributed by atoms with Gasteiger partial charge in [-0.15, -0.1) is 0 Å². The SMILES string of the molecule is C=C(C)[C@H]1OC(=O)O[C@H]([C@H](C)COCc2ccccc2)[C@@H]1C. The van der Waals surface area contributed by atoms with E-state index < -0.39 is 6.16 Å². The number of hydrogen-bond donors (Lipinski definition) is 0. The highest BCUT2D eigenvalue weighted by molar-refractivity contribution is 5.62. The molecule has 1 aliphatic heterocycles. The van der Waals surface area contributed by atoms with E-state index in [1.807, 2.05) is 51.1 Å². The molecule has 1 aromatic rings. The highest BCUT2D eigenvalue weighted by Crippen LogP contribution is 2.30. The van der Waals surface area contributed by atoms with E-state index in [1.165, 1.54) is 0 Å². The van der Waals surface area contributed by atoms with Gasteiger partial charge in [0.15, 0.2) is 0 Å². The van der Waals surface area contributed by atoms with Crippen molar-refractivity contribution in [1.82, 2.24) is 0 Å². The summed E-state index contributed by atoms with van der Waals surface area (Å²) in [7, 11) is 0. The van der Waals surface area contributed by atoms with Gasteiger partial charge in [0.2, 0.25) is 0 Å². The van der Waals surface area contributed by atoms with E-state index >= 15 is 0 Å². The van der Waals surface area contributed by atoms with Crippen molar-refractivity contribution in [2.24, 2.45) is 11.8 Å². The van der Waals surface area contributed by atoms with E-state index in [1.54, 1.807) is 0 Å². The molecule has 4 heteroatoms. The summed E-state index contributed by atoms with van der Waals surface area (Å²) in [5.41, 5.74) is 1.97. The molecule has 0 unspecified atom stereocenters. The first-order valence-corrected chi connectivity index (χ1v) is 7.63. The summed E-state index contributed by atoms with van der Waals surface area (Å²) in [6.45, 7) is 10.9. The summed E-state index contributed by atoms with van der Waals surface area (Å²) in [6.07, 6.45) is -1.13. The molecule has 0 spiro atoms. The van der Waals surface area contributed by atoms with Gasteiger partial charge in [0.1, 0.15) is 12.2 Å². The summed E-state index contributed by atoms with van der Waals surface area (Å²) < 4.78 is 16.3. The molecule has 1 heterocycles. The topological polar surface area (TPSA) is 44.8 Å². The third-order valence-electron chi connectivity index (χ3n) is 3.99. The van der Waals surface area contributed by atoms with Gasteiger partial charge in [-0.3, -0.25) is 0 Å². The lowest BCUT2D eigenvalue weighted by Gasteiger charge is -2.38. The Morgan fingerprint density at radius 1 is 1.32 bits per heavy atom. The number of hydrogen-bond acceptors (Lipinski definition) is 4. The molecule has 0 saturated carbocycles.